The molecule has 0 radical (unpaired) electrons. The van der Waals surface area contributed by atoms with Crippen molar-refractivity contribution in [2.75, 3.05) is 6.54 Å². The Labute approximate surface area is 95.3 Å². The zero-order chi connectivity index (χ0) is 11.1. The molecule has 0 aromatic carbocycles. The van der Waals surface area contributed by atoms with Gasteiger partial charge in [0.05, 0.1) is 0 Å². The van der Waals surface area contributed by atoms with Crippen LogP contribution in [-0.4, -0.2) is 12.6 Å². The standard InChI is InChI=1S/C14H27N/c1-4-5-9-13(3)15-11-14-10-7-6-8-12(14)2/h4,12-15H,1,5-11H2,2-3H3. The van der Waals surface area contributed by atoms with Crippen LogP contribution in [0.2, 0.25) is 0 Å². The van der Waals surface area contributed by atoms with E-state index in [2.05, 4.69) is 25.7 Å². The molecule has 0 aromatic heterocycles. The van der Waals surface area contributed by atoms with Crippen molar-refractivity contribution in [3.05, 3.63) is 12.7 Å². The summed E-state index contributed by atoms with van der Waals surface area (Å²) in [5.74, 6) is 1.85. The first-order chi connectivity index (χ1) is 7.24. The van der Waals surface area contributed by atoms with Gasteiger partial charge >= 0.3 is 0 Å². The SMILES string of the molecule is C=CCCC(C)NCC1CCCCC1C. The highest BCUT2D eigenvalue weighted by atomic mass is 14.9. The molecule has 0 bridgehead atoms. The molecule has 0 heterocycles. The Balaban J connectivity index is 2.14. The molecule has 0 aliphatic heterocycles. The van der Waals surface area contributed by atoms with Crippen molar-refractivity contribution in [1.82, 2.24) is 5.32 Å². The second-order valence-corrected chi connectivity index (χ2v) is 5.20. The predicted molar refractivity (Wildman–Crippen MR) is 68.0 cm³/mol. The van der Waals surface area contributed by atoms with Crippen LogP contribution >= 0.6 is 0 Å². The molecule has 0 saturated heterocycles. The van der Waals surface area contributed by atoms with E-state index in [9.17, 15) is 0 Å². The summed E-state index contributed by atoms with van der Waals surface area (Å²) in [6, 6.07) is 0.650. The summed E-state index contributed by atoms with van der Waals surface area (Å²) in [5, 5.41) is 3.67. The Hall–Kier alpha value is -0.300. The van der Waals surface area contributed by atoms with Gasteiger partial charge in [0.25, 0.3) is 0 Å². The Bertz CT molecular complexity index is 176. The maximum Gasteiger partial charge on any atom is 0.00417 e. The topological polar surface area (TPSA) is 12.0 Å². The predicted octanol–water partition coefficient (Wildman–Crippen LogP) is 3.76. The van der Waals surface area contributed by atoms with Crippen LogP contribution in [0.4, 0.5) is 0 Å². The molecule has 1 aliphatic rings. The molecular weight excluding hydrogens is 182 g/mol. The molecule has 0 amide bonds. The minimum absolute atomic E-state index is 0.650. The summed E-state index contributed by atoms with van der Waals surface area (Å²) < 4.78 is 0. The van der Waals surface area contributed by atoms with Crippen LogP contribution in [0.25, 0.3) is 0 Å². The van der Waals surface area contributed by atoms with Crippen molar-refractivity contribution >= 4 is 0 Å². The molecule has 3 unspecified atom stereocenters. The highest BCUT2D eigenvalue weighted by Crippen LogP contribution is 2.28. The van der Waals surface area contributed by atoms with Gasteiger partial charge in [0, 0.05) is 6.04 Å². The van der Waals surface area contributed by atoms with E-state index in [0.717, 1.165) is 18.3 Å². The van der Waals surface area contributed by atoms with Crippen LogP contribution in [0.3, 0.4) is 0 Å². The maximum absolute atomic E-state index is 3.77. The molecule has 1 saturated carbocycles. The maximum atomic E-state index is 3.77. The van der Waals surface area contributed by atoms with E-state index < -0.39 is 0 Å². The zero-order valence-corrected chi connectivity index (χ0v) is 10.5. The zero-order valence-electron chi connectivity index (χ0n) is 10.5. The second-order valence-electron chi connectivity index (χ2n) is 5.20. The third-order valence-corrected chi connectivity index (χ3v) is 3.82. The van der Waals surface area contributed by atoms with Crippen LogP contribution in [0.1, 0.15) is 52.4 Å². The first-order valence-electron chi connectivity index (χ1n) is 6.58. The average Bonchev–Trinajstić information content (AvgIpc) is 2.25. The number of hydrogen-bond acceptors (Lipinski definition) is 1. The first kappa shape index (κ1) is 12.8. The van der Waals surface area contributed by atoms with E-state index in [-0.39, 0.29) is 0 Å². The van der Waals surface area contributed by atoms with Crippen LogP contribution in [0.5, 0.6) is 0 Å². The molecule has 1 aliphatic carbocycles. The third kappa shape index (κ3) is 4.83. The van der Waals surface area contributed by atoms with E-state index >= 15 is 0 Å². The van der Waals surface area contributed by atoms with Crippen molar-refractivity contribution in [2.45, 2.75) is 58.4 Å². The van der Waals surface area contributed by atoms with Gasteiger partial charge in [-0.05, 0) is 44.6 Å². The van der Waals surface area contributed by atoms with Gasteiger partial charge in [-0.15, -0.1) is 6.58 Å². The summed E-state index contributed by atoms with van der Waals surface area (Å²) in [5.41, 5.74) is 0. The molecule has 1 N–H and O–H groups in total. The Morgan fingerprint density at radius 2 is 2.13 bits per heavy atom. The lowest BCUT2D eigenvalue weighted by atomic mass is 9.80. The lowest BCUT2D eigenvalue weighted by molar-refractivity contribution is 0.241. The molecule has 1 rings (SSSR count). The van der Waals surface area contributed by atoms with E-state index in [1.54, 1.807) is 0 Å². The monoisotopic (exact) mass is 209 g/mol. The molecule has 3 atom stereocenters. The molecule has 15 heavy (non-hydrogen) atoms. The lowest BCUT2D eigenvalue weighted by Crippen LogP contribution is -2.34. The smallest absolute Gasteiger partial charge is 0.00417 e. The van der Waals surface area contributed by atoms with Crippen molar-refractivity contribution < 1.29 is 0 Å². The van der Waals surface area contributed by atoms with E-state index in [1.807, 2.05) is 6.08 Å². The number of hydrogen-bond donors (Lipinski definition) is 1. The van der Waals surface area contributed by atoms with Gasteiger partial charge < -0.3 is 5.32 Å². The third-order valence-electron chi connectivity index (χ3n) is 3.82. The first-order valence-corrected chi connectivity index (χ1v) is 6.58. The number of nitrogens with one attached hydrogen (secondary N) is 1. The fraction of sp³-hybridized carbons (Fsp3) is 0.857. The van der Waals surface area contributed by atoms with Crippen LogP contribution < -0.4 is 5.32 Å². The van der Waals surface area contributed by atoms with Crippen molar-refractivity contribution in [3.8, 4) is 0 Å². The number of rotatable bonds is 6. The molecule has 88 valence electrons. The summed E-state index contributed by atoms with van der Waals surface area (Å²) in [6.45, 7) is 9.69. The van der Waals surface area contributed by atoms with Gasteiger partial charge in [-0.1, -0.05) is 32.3 Å². The normalized spacial score (nSPS) is 28.7. The van der Waals surface area contributed by atoms with Gasteiger partial charge in [-0.3, -0.25) is 0 Å². The summed E-state index contributed by atoms with van der Waals surface area (Å²) in [6.07, 6.45) is 10.1. The largest absolute Gasteiger partial charge is 0.314 e. The van der Waals surface area contributed by atoms with Gasteiger partial charge in [0.1, 0.15) is 0 Å². The quantitative estimate of drug-likeness (QED) is 0.657. The molecular formula is C14H27N. The fourth-order valence-corrected chi connectivity index (χ4v) is 2.52. The summed E-state index contributed by atoms with van der Waals surface area (Å²) in [7, 11) is 0. The summed E-state index contributed by atoms with van der Waals surface area (Å²) in [4.78, 5) is 0. The summed E-state index contributed by atoms with van der Waals surface area (Å²) >= 11 is 0. The molecule has 1 nitrogen and oxygen atoms in total. The molecule has 0 aromatic rings. The van der Waals surface area contributed by atoms with Crippen molar-refractivity contribution in [2.24, 2.45) is 11.8 Å². The van der Waals surface area contributed by atoms with Gasteiger partial charge in [-0.2, -0.15) is 0 Å². The molecule has 1 fully saturated rings. The number of allylic oxidation sites excluding steroid dienone is 1. The highest BCUT2D eigenvalue weighted by Gasteiger charge is 2.21. The molecule has 1 heteroatoms. The minimum atomic E-state index is 0.650. The van der Waals surface area contributed by atoms with Crippen molar-refractivity contribution in [1.29, 1.82) is 0 Å². The Morgan fingerprint density at radius 1 is 1.40 bits per heavy atom. The van der Waals surface area contributed by atoms with Crippen molar-refractivity contribution in [3.63, 3.8) is 0 Å². The molecule has 0 spiro atoms. The van der Waals surface area contributed by atoms with E-state index in [4.69, 9.17) is 0 Å². The van der Waals surface area contributed by atoms with Gasteiger partial charge in [-0.25, -0.2) is 0 Å². The second kappa shape index (κ2) is 7.05. The minimum Gasteiger partial charge on any atom is -0.314 e. The van der Waals surface area contributed by atoms with E-state index in [1.165, 1.54) is 38.6 Å². The Kier molecular flexibility index (Phi) is 6.00. The van der Waals surface area contributed by atoms with Crippen LogP contribution in [0, 0.1) is 11.8 Å². The van der Waals surface area contributed by atoms with Crippen LogP contribution in [0.15, 0.2) is 12.7 Å². The highest BCUT2D eigenvalue weighted by molar-refractivity contribution is 4.76. The van der Waals surface area contributed by atoms with Gasteiger partial charge in [0.15, 0.2) is 0 Å². The van der Waals surface area contributed by atoms with E-state index in [0.29, 0.717) is 6.04 Å². The average molecular weight is 209 g/mol. The van der Waals surface area contributed by atoms with Crippen LogP contribution in [-0.2, 0) is 0 Å². The lowest BCUT2D eigenvalue weighted by Gasteiger charge is -2.30. The van der Waals surface area contributed by atoms with Gasteiger partial charge in [0.2, 0.25) is 0 Å². The Morgan fingerprint density at radius 3 is 2.80 bits per heavy atom. The fourth-order valence-electron chi connectivity index (χ4n) is 2.52.